The normalized spacial score (nSPS) is 18.9. The molecule has 4 heteroatoms. The molecule has 3 N–H and O–H groups in total. The second-order valence-electron chi connectivity index (χ2n) is 7.08. The molecule has 0 heterocycles. The molecule has 4 nitrogen and oxygen atoms in total. The van der Waals surface area contributed by atoms with Gasteiger partial charge in [0.25, 0.3) is 5.91 Å². The van der Waals surface area contributed by atoms with Crippen LogP contribution in [0.2, 0.25) is 0 Å². The molecule has 1 aromatic rings. The standard InChI is InChI=1S/C18H28N2O2/c1-14(15-9-5-4-6-10-15)20-17(2,3)13-19-16(21)18(22)11-7-8-12-18/h4-6,9-10,14,20,22H,7-8,11-13H2,1-3H3,(H,19,21). The number of carbonyl (C=O) groups is 1. The minimum absolute atomic E-state index is 0.197. The average Bonchev–Trinajstić information content (AvgIpc) is 2.93. The molecular formula is C18H28N2O2. The summed E-state index contributed by atoms with van der Waals surface area (Å²) in [5.74, 6) is -0.229. The van der Waals surface area contributed by atoms with E-state index in [0.717, 1.165) is 12.8 Å². The Morgan fingerprint density at radius 1 is 1.27 bits per heavy atom. The zero-order valence-electron chi connectivity index (χ0n) is 13.9. The van der Waals surface area contributed by atoms with Crippen molar-refractivity contribution in [2.45, 2.75) is 63.6 Å². The molecule has 1 atom stereocenters. The molecule has 1 aliphatic rings. The van der Waals surface area contributed by atoms with Crippen LogP contribution >= 0.6 is 0 Å². The van der Waals surface area contributed by atoms with Crippen molar-refractivity contribution >= 4 is 5.91 Å². The number of carbonyl (C=O) groups excluding carboxylic acids is 1. The highest BCUT2D eigenvalue weighted by Crippen LogP contribution is 2.29. The van der Waals surface area contributed by atoms with Gasteiger partial charge in [0, 0.05) is 18.1 Å². The first kappa shape index (κ1) is 17.0. The lowest BCUT2D eigenvalue weighted by molar-refractivity contribution is -0.139. The molecule has 0 bridgehead atoms. The van der Waals surface area contributed by atoms with E-state index in [9.17, 15) is 9.90 Å². The second kappa shape index (κ2) is 6.80. The van der Waals surface area contributed by atoms with Gasteiger partial charge in [-0.15, -0.1) is 0 Å². The molecule has 1 aliphatic carbocycles. The average molecular weight is 304 g/mol. The first-order valence-corrected chi connectivity index (χ1v) is 8.16. The zero-order chi connectivity index (χ0) is 16.2. The zero-order valence-corrected chi connectivity index (χ0v) is 13.9. The molecular weight excluding hydrogens is 276 g/mol. The van der Waals surface area contributed by atoms with Crippen LogP contribution in [0, 0.1) is 0 Å². The minimum atomic E-state index is -1.15. The number of nitrogens with one attached hydrogen (secondary N) is 2. The Labute approximate surface area is 133 Å². The maximum Gasteiger partial charge on any atom is 0.252 e. The third kappa shape index (κ3) is 4.31. The highest BCUT2D eigenvalue weighted by Gasteiger charge is 2.39. The molecule has 122 valence electrons. The third-order valence-electron chi connectivity index (χ3n) is 4.45. The molecule has 1 amide bonds. The monoisotopic (exact) mass is 304 g/mol. The van der Waals surface area contributed by atoms with Crippen LogP contribution in [0.25, 0.3) is 0 Å². The summed E-state index contributed by atoms with van der Waals surface area (Å²) in [4.78, 5) is 12.2. The van der Waals surface area contributed by atoms with E-state index in [0.29, 0.717) is 19.4 Å². The fraction of sp³-hybridized carbons (Fsp3) is 0.611. The van der Waals surface area contributed by atoms with Crippen molar-refractivity contribution in [3.8, 4) is 0 Å². The van der Waals surface area contributed by atoms with Gasteiger partial charge in [-0.05, 0) is 52.0 Å². The Bertz CT molecular complexity index is 493. The number of amides is 1. The fourth-order valence-corrected chi connectivity index (χ4v) is 3.11. The van der Waals surface area contributed by atoms with Crippen molar-refractivity contribution in [2.24, 2.45) is 0 Å². The largest absolute Gasteiger partial charge is 0.380 e. The van der Waals surface area contributed by atoms with Gasteiger partial charge in [0.05, 0.1) is 0 Å². The Morgan fingerprint density at radius 3 is 2.45 bits per heavy atom. The van der Waals surface area contributed by atoms with Gasteiger partial charge in [-0.2, -0.15) is 0 Å². The minimum Gasteiger partial charge on any atom is -0.380 e. The predicted molar refractivity (Wildman–Crippen MR) is 88.5 cm³/mol. The SMILES string of the molecule is CC(NC(C)(C)CNC(=O)C1(O)CCCC1)c1ccccc1. The molecule has 0 aliphatic heterocycles. The van der Waals surface area contributed by atoms with Crippen molar-refractivity contribution in [1.29, 1.82) is 0 Å². The lowest BCUT2D eigenvalue weighted by atomic mass is 9.98. The number of hydrogen-bond donors (Lipinski definition) is 3. The van der Waals surface area contributed by atoms with Crippen LogP contribution in [-0.2, 0) is 4.79 Å². The topological polar surface area (TPSA) is 61.4 Å². The van der Waals surface area contributed by atoms with Gasteiger partial charge in [0.2, 0.25) is 0 Å². The highest BCUT2D eigenvalue weighted by atomic mass is 16.3. The molecule has 0 aromatic heterocycles. The van der Waals surface area contributed by atoms with Crippen LogP contribution < -0.4 is 10.6 Å². The van der Waals surface area contributed by atoms with Crippen molar-refractivity contribution in [3.05, 3.63) is 35.9 Å². The quantitative estimate of drug-likeness (QED) is 0.757. The summed E-state index contributed by atoms with van der Waals surface area (Å²) in [6, 6.07) is 10.4. The maximum absolute atomic E-state index is 12.2. The molecule has 1 aromatic carbocycles. The van der Waals surface area contributed by atoms with Crippen molar-refractivity contribution in [2.75, 3.05) is 6.54 Å². The van der Waals surface area contributed by atoms with Crippen molar-refractivity contribution in [1.82, 2.24) is 10.6 Å². The van der Waals surface area contributed by atoms with E-state index < -0.39 is 5.60 Å². The smallest absolute Gasteiger partial charge is 0.252 e. The summed E-state index contributed by atoms with van der Waals surface area (Å²) in [5.41, 5.74) is -0.183. The van der Waals surface area contributed by atoms with Gasteiger partial charge in [0.1, 0.15) is 5.60 Å². The highest BCUT2D eigenvalue weighted by molar-refractivity contribution is 5.85. The van der Waals surface area contributed by atoms with Gasteiger partial charge in [-0.1, -0.05) is 30.3 Å². The first-order chi connectivity index (χ1) is 10.3. The van der Waals surface area contributed by atoms with E-state index in [1.165, 1.54) is 5.56 Å². The van der Waals surface area contributed by atoms with Crippen molar-refractivity contribution < 1.29 is 9.90 Å². The Hall–Kier alpha value is -1.39. The van der Waals surface area contributed by atoms with Gasteiger partial charge in [0.15, 0.2) is 0 Å². The van der Waals surface area contributed by atoms with E-state index in [2.05, 4.69) is 43.5 Å². The van der Waals surface area contributed by atoms with E-state index in [1.807, 2.05) is 18.2 Å². The van der Waals surface area contributed by atoms with Gasteiger partial charge >= 0.3 is 0 Å². The lowest BCUT2D eigenvalue weighted by Gasteiger charge is -2.32. The molecule has 1 unspecified atom stereocenters. The lowest BCUT2D eigenvalue weighted by Crippen LogP contribution is -2.54. The van der Waals surface area contributed by atoms with Crippen LogP contribution in [-0.4, -0.2) is 28.7 Å². The summed E-state index contributed by atoms with van der Waals surface area (Å²) >= 11 is 0. The molecule has 22 heavy (non-hydrogen) atoms. The summed E-state index contributed by atoms with van der Waals surface area (Å²) in [6.45, 7) is 6.73. The number of rotatable bonds is 6. The summed E-state index contributed by atoms with van der Waals surface area (Å²) < 4.78 is 0. The Kier molecular flexibility index (Phi) is 5.24. The molecule has 1 fully saturated rings. The van der Waals surface area contributed by atoms with Gasteiger partial charge in [-0.3, -0.25) is 4.79 Å². The number of benzene rings is 1. The van der Waals surface area contributed by atoms with Gasteiger partial charge < -0.3 is 15.7 Å². The summed E-state index contributed by atoms with van der Waals surface area (Å²) in [6.07, 6.45) is 3.01. The van der Waals surface area contributed by atoms with Crippen LogP contribution in [0.5, 0.6) is 0 Å². The Morgan fingerprint density at radius 2 is 1.86 bits per heavy atom. The maximum atomic E-state index is 12.2. The van der Waals surface area contributed by atoms with E-state index >= 15 is 0 Å². The summed E-state index contributed by atoms with van der Waals surface area (Å²) in [5, 5.41) is 16.7. The first-order valence-electron chi connectivity index (χ1n) is 8.16. The van der Waals surface area contributed by atoms with Crippen molar-refractivity contribution in [3.63, 3.8) is 0 Å². The number of aliphatic hydroxyl groups is 1. The molecule has 0 spiro atoms. The van der Waals surface area contributed by atoms with E-state index in [4.69, 9.17) is 0 Å². The Balaban J connectivity index is 1.87. The van der Waals surface area contributed by atoms with Crippen LogP contribution in [0.3, 0.4) is 0 Å². The molecule has 2 rings (SSSR count). The van der Waals surface area contributed by atoms with Crippen LogP contribution in [0.1, 0.15) is 58.1 Å². The van der Waals surface area contributed by atoms with Crippen LogP contribution in [0.15, 0.2) is 30.3 Å². The summed E-state index contributed by atoms with van der Waals surface area (Å²) in [7, 11) is 0. The predicted octanol–water partition coefficient (Wildman–Crippen LogP) is 2.54. The molecule has 0 saturated heterocycles. The third-order valence-corrected chi connectivity index (χ3v) is 4.45. The van der Waals surface area contributed by atoms with E-state index in [-0.39, 0.29) is 17.5 Å². The molecule has 1 saturated carbocycles. The second-order valence-corrected chi connectivity index (χ2v) is 7.08. The van der Waals surface area contributed by atoms with Crippen LogP contribution in [0.4, 0.5) is 0 Å². The van der Waals surface area contributed by atoms with E-state index in [1.54, 1.807) is 0 Å². The fourth-order valence-electron chi connectivity index (χ4n) is 3.11. The number of hydrogen-bond acceptors (Lipinski definition) is 3. The van der Waals surface area contributed by atoms with Gasteiger partial charge in [-0.25, -0.2) is 0 Å². The molecule has 0 radical (unpaired) electrons.